The number of anilines is 2. The van der Waals surface area contributed by atoms with E-state index in [9.17, 15) is 0 Å². The third kappa shape index (κ3) is 3.20. The summed E-state index contributed by atoms with van der Waals surface area (Å²) in [5.74, 6) is 0.737. The summed E-state index contributed by atoms with van der Waals surface area (Å²) in [6.45, 7) is 7.07. The van der Waals surface area contributed by atoms with Gasteiger partial charge in [0.1, 0.15) is 5.75 Å². The third-order valence-electron chi connectivity index (χ3n) is 2.03. The van der Waals surface area contributed by atoms with Crippen LogP contribution in [0.3, 0.4) is 0 Å². The van der Waals surface area contributed by atoms with E-state index in [2.05, 4.69) is 11.9 Å². The molecular weight excluding hydrogens is 188 g/mol. The second kappa shape index (κ2) is 5.96. The predicted octanol–water partition coefficient (Wildman–Crippen LogP) is 2.66. The van der Waals surface area contributed by atoms with E-state index < -0.39 is 0 Å². The van der Waals surface area contributed by atoms with Gasteiger partial charge in [-0.2, -0.15) is 0 Å². The van der Waals surface area contributed by atoms with Crippen molar-refractivity contribution >= 4 is 11.4 Å². The van der Waals surface area contributed by atoms with Crippen molar-refractivity contribution in [2.75, 3.05) is 24.2 Å². The zero-order valence-corrected chi connectivity index (χ0v) is 9.12. The minimum Gasteiger partial charge on any atom is -0.492 e. The summed E-state index contributed by atoms with van der Waals surface area (Å²) in [5.41, 5.74) is 7.53. The van der Waals surface area contributed by atoms with Crippen molar-refractivity contribution in [3.05, 3.63) is 30.9 Å². The predicted molar refractivity (Wildman–Crippen MR) is 65.3 cm³/mol. The van der Waals surface area contributed by atoms with Gasteiger partial charge in [-0.1, -0.05) is 12.1 Å². The van der Waals surface area contributed by atoms with E-state index in [4.69, 9.17) is 10.5 Å². The highest BCUT2D eigenvalue weighted by molar-refractivity contribution is 5.72. The summed E-state index contributed by atoms with van der Waals surface area (Å²) >= 11 is 0. The molecule has 3 N–H and O–H groups in total. The van der Waals surface area contributed by atoms with Gasteiger partial charge in [-0.15, -0.1) is 6.58 Å². The summed E-state index contributed by atoms with van der Waals surface area (Å²) in [6, 6.07) is 5.75. The fourth-order valence-electron chi connectivity index (χ4n) is 1.29. The molecule has 0 spiro atoms. The Bertz CT molecular complexity index is 323. The summed E-state index contributed by atoms with van der Waals surface area (Å²) in [7, 11) is 0. The first-order chi connectivity index (χ1) is 7.29. The van der Waals surface area contributed by atoms with Gasteiger partial charge in [0.2, 0.25) is 0 Å². The number of nitrogen functional groups attached to an aromatic ring is 1. The number of nitrogens with one attached hydrogen (secondary N) is 1. The average molecular weight is 206 g/mol. The van der Waals surface area contributed by atoms with Crippen molar-refractivity contribution in [2.24, 2.45) is 0 Å². The number of para-hydroxylation sites is 1. The third-order valence-corrected chi connectivity index (χ3v) is 2.03. The first-order valence-corrected chi connectivity index (χ1v) is 5.15. The maximum absolute atomic E-state index is 5.94. The van der Waals surface area contributed by atoms with E-state index in [1.54, 1.807) is 0 Å². The monoisotopic (exact) mass is 206 g/mol. The van der Waals surface area contributed by atoms with E-state index >= 15 is 0 Å². The van der Waals surface area contributed by atoms with Gasteiger partial charge < -0.3 is 15.8 Å². The Kier molecular flexibility index (Phi) is 4.54. The van der Waals surface area contributed by atoms with Crippen molar-refractivity contribution in [1.29, 1.82) is 0 Å². The van der Waals surface area contributed by atoms with Crippen molar-refractivity contribution in [3.63, 3.8) is 0 Å². The van der Waals surface area contributed by atoms with Crippen LogP contribution < -0.4 is 15.8 Å². The summed E-state index contributed by atoms with van der Waals surface area (Å²) in [5, 5.41) is 3.24. The number of nitrogens with two attached hydrogens (primary N) is 1. The highest BCUT2D eigenvalue weighted by Crippen LogP contribution is 2.29. The normalized spacial score (nSPS) is 9.67. The Morgan fingerprint density at radius 3 is 3.00 bits per heavy atom. The van der Waals surface area contributed by atoms with Gasteiger partial charge >= 0.3 is 0 Å². The zero-order chi connectivity index (χ0) is 11.1. The Morgan fingerprint density at radius 2 is 2.33 bits per heavy atom. The molecule has 0 bridgehead atoms. The molecule has 0 saturated heterocycles. The molecule has 0 amide bonds. The molecule has 0 aromatic heterocycles. The van der Waals surface area contributed by atoms with Crippen LogP contribution in [0.1, 0.15) is 13.3 Å². The lowest BCUT2D eigenvalue weighted by Crippen LogP contribution is -2.05. The molecule has 0 unspecified atom stereocenters. The first kappa shape index (κ1) is 11.4. The summed E-state index contributed by atoms with van der Waals surface area (Å²) in [4.78, 5) is 0. The maximum atomic E-state index is 5.94. The summed E-state index contributed by atoms with van der Waals surface area (Å²) < 4.78 is 5.40. The van der Waals surface area contributed by atoms with Gasteiger partial charge in [0.25, 0.3) is 0 Å². The largest absolute Gasteiger partial charge is 0.492 e. The standard InChI is InChI=1S/C12H18N2O/c1-3-5-9-14-10-7-6-8-11(12(10)13)15-4-2/h3,6-8,14H,1,4-5,9,13H2,2H3. The van der Waals surface area contributed by atoms with Crippen LogP contribution in [0.4, 0.5) is 11.4 Å². The highest BCUT2D eigenvalue weighted by atomic mass is 16.5. The highest BCUT2D eigenvalue weighted by Gasteiger charge is 2.03. The van der Waals surface area contributed by atoms with Crippen LogP contribution in [-0.2, 0) is 0 Å². The summed E-state index contributed by atoms with van der Waals surface area (Å²) in [6.07, 6.45) is 2.79. The molecule has 0 heterocycles. The molecule has 0 atom stereocenters. The van der Waals surface area contributed by atoms with Gasteiger partial charge in [-0.05, 0) is 25.5 Å². The van der Waals surface area contributed by atoms with E-state index in [0.29, 0.717) is 12.3 Å². The van der Waals surface area contributed by atoms with Gasteiger partial charge in [-0.3, -0.25) is 0 Å². The van der Waals surface area contributed by atoms with Crippen LogP contribution >= 0.6 is 0 Å². The van der Waals surface area contributed by atoms with Crippen LogP contribution in [0.25, 0.3) is 0 Å². The van der Waals surface area contributed by atoms with Crippen molar-refractivity contribution < 1.29 is 4.74 Å². The van der Waals surface area contributed by atoms with Gasteiger partial charge in [0.15, 0.2) is 0 Å². The molecule has 0 aliphatic heterocycles. The lowest BCUT2D eigenvalue weighted by Gasteiger charge is -2.12. The molecule has 0 aliphatic rings. The number of hydrogen-bond acceptors (Lipinski definition) is 3. The van der Waals surface area contributed by atoms with Crippen LogP contribution in [0.5, 0.6) is 5.75 Å². The molecule has 3 nitrogen and oxygen atoms in total. The molecule has 1 aromatic carbocycles. The minimum atomic E-state index is 0.625. The van der Waals surface area contributed by atoms with Crippen molar-refractivity contribution in [1.82, 2.24) is 0 Å². The molecular formula is C12H18N2O. The molecule has 0 radical (unpaired) electrons. The second-order valence-corrected chi connectivity index (χ2v) is 3.15. The second-order valence-electron chi connectivity index (χ2n) is 3.15. The zero-order valence-electron chi connectivity index (χ0n) is 9.12. The Morgan fingerprint density at radius 1 is 1.53 bits per heavy atom. The Labute approximate surface area is 90.9 Å². The number of rotatable bonds is 6. The van der Waals surface area contributed by atoms with E-state index in [1.807, 2.05) is 31.2 Å². The molecule has 1 rings (SSSR count). The molecule has 82 valence electrons. The smallest absolute Gasteiger partial charge is 0.144 e. The number of ether oxygens (including phenoxy) is 1. The van der Waals surface area contributed by atoms with Crippen LogP contribution in [0, 0.1) is 0 Å². The first-order valence-electron chi connectivity index (χ1n) is 5.15. The van der Waals surface area contributed by atoms with Gasteiger partial charge in [-0.25, -0.2) is 0 Å². The maximum Gasteiger partial charge on any atom is 0.144 e. The fourth-order valence-corrected chi connectivity index (χ4v) is 1.29. The molecule has 15 heavy (non-hydrogen) atoms. The molecule has 1 aromatic rings. The molecule has 3 heteroatoms. The Hall–Kier alpha value is -1.64. The quantitative estimate of drug-likeness (QED) is 0.427. The lowest BCUT2D eigenvalue weighted by molar-refractivity contribution is 0.342. The molecule has 0 aliphatic carbocycles. The number of hydrogen-bond donors (Lipinski definition) is 2. The van der Waals surface area contributed by atoms with E-state index in [1.165, 1.54) is 0 Å². The van der Waals surface area contributed by atoms with Gasteiger partial charge in [0, 0.05) is 6.54 Å². The van der Waals surface area contributed by atoms with Crippen molar-refractivity contribution in [2.45, 2.75) is 13.3 Å². The lowest BCUT2D eigenvalue weighted by atomic mass is 10.2. The van der Waals surface area contributed by atoms with Crippen LogP contribution in [0.2, 0.25) is 0 Å². The van der Waals surface area contributed by atoms with Crippen molar-refractivity contribution in [3.8, 4) is 5.75 Å². The van der Waals surface area contributed by atoms with Gasteiger partial charge in [0.05, 0.1) is 18.0 Å². The SMILES string of the molecule is C=CCCNc1cccc(OCC)c1N. The average Bonchev–Trinajstić information content (AvgIpc) is 2.24. The molecule has 0 saturated carbocycles. The Balaban J connectivity index is 2.70. The van der Waals surface area contributed by atoms with Crippen LogP contribution in [0.15, 0.2) is 30.9 Å². The fraction of sp³-hybridized carbons (Fsp3) is 0.333. The van der Waals surface area contributed by atoms with E-state index in [-0.39, 0.29) is 0 Å². The van der Waals surface area contributed by atoms with E-state index in [0.717, 1.165) is 24.4 Å². The molecule has 0 fully saturated rings. The minimum absolute atomic E-state index is 0.625. The number of benzene rings is 1. The van der Waals surface area contributed by atoms with Crippen LogP contribution in [-0.4, -0.2) is 13.2 Å². The topological polar surface area (TPSA) is 47.3 Å².